The fourth-order valence-electron chi connectivity index (χ4n) is 4.06. The highest BCUT2D eigenvalue weighted by atomic mass is 127. The average Bonchev–Trinajstić information content (AvgIpc) is 2.80. The molecule has 2 aromatic carbocycles. The van der Waals surface area contributed by atoms with Gasteiger partial charge in [-0.15, -0.1) is 0 Å². The monoisotopic (exact) mass is 482 g/mol. The van der Waals surface area contributed by atoms with E-state index < -0.39 is 0 Å². The molecule has 0 aliphatic heterocycles. The Balaban J connectivity index is 2.23. The number of hydrogen-bond acceptors (Lipinski definition) is 0. The lowest BCUT2D eigenvalue weighted by Gasteiger charge is -2.33. The van der Waals surface area contributed by atoms with Crippen molar-refractivity contribution in [1.29, 1.82) is 0 Å². The molecule has 1 aliphatic carbocycles. The highest BCUT2D eigenvalue weighted by molar-refractivity contribution is 14.1. The Morgan fingerprint density at radius 1 is 0.870 bits per heavy atom. The third-order valence-corrected chi connectivity index (χ3v) is 6.36. The zero-order valence-electron chi connectivity index (χ0n) is 14.0. The predicted molar refractivity (Wildman–Crippen MR) is 112 cm³/mol. The summed E-state index contributed by atoms with van der Waals surface area (Å²) in [5.74, 6) is 0. The first-order chi connectivity index (χ1) is 11.1. The molecule has 0 nitrogen and oxygen atoms in total. The van der Waals surface area contributed by atoms with E-state index in [1.54, 1.807) is 11.1 Å². The van der Waals surface area contributed by atoms with Crippen LogP contribution in [-0.2, 0) is 5.41 Å². The number of hydrogen-bond donors (Lipinski definition) is 0. The smallest absolute Gasteiger partial charge is 0.0216 e. The second-order valence-electron chi connectivity index (χ2n) is 6.67. The summed E-state index contributed by atoms with van der Waals surface area (Å²) in [5.41, 5.74) is 6.24. The minimum Gasteiger partial charge on any atom is -0.0654 e. The van der Waals surface area contributed by atoms with E-state index in [-0.39, 0.29) is 5.41 Å². The largest absolute Gasteiger partial charge is 0.0654 e. The summed E-state index contributed by atoms with van der Waals surface area (Å²) in [4.78, 5) is 0. The van der Waals surface area contributed by atoms with Crippen molar-refractivity contribution in [3.05, 3.63) is 55.6 Å². The fraction of sp³-hybridized carbons (Fsp3) is 0.429. The number of unbranched alkanes of at least 4 members (excludes halogenated alkanes) is 2. The van der Waals surface area contributed by atoms with Gasteiger partial charge in [-0.2, -0.15) is 0 Å². The quantitative estimate of drug-likeness (QED) is 0.370. The van der Waals surface area contributed by atoms with Gasteiger partial charge in [0.1, 0.15) is 0 Å². The molecule has 122 valence electrons. The van der Waals surface area contributed by atoms with Crippen molar-refractivity contribution in [2.75, 3.05) is 0 Å². The summed E-state index contributed by atoms with van der Waals surface area (Å²) in [6.07, 6.45) is 7.63. The van der Waals surface area contributed by atoms with Gasteiger partial charge in [-0.3, -0.25) is 0 Å². The molecule has 23 heavy (non-hydrogen) atoms. The number of benzene rings is 2. The summed E-state index contributed by atoms with van der Waals surface area (Å²) < 4.78 is 2.56. The zero-order chi connectivity index (χ0) is 16.4. The minimum atomic E-state index is 0.210. The van der Waals surface area contributed by atoms with Crippen LogP contribution in [0.1, 0.15) is 63.5 Å². The van der Waals surface area contributed by atoms with Crippen molar-refractivity contribution in [2.45, 2.75) is 57.8 Å². The maximum Gasteiger partial charge on any atom is 0.0216 e. The lowest BCUT2D eigenvalue weighted by atomic mass is 9.71. The highest BCUT2D eigenvalue weighted by Gasteiger charge is 2.42. The van der Waals surface area contributed by atoms with Crippen LogP contribution in [0.3, 0.4) is 0 Å². The van der Waals surface area contributed by atoms with Crippen LogP contribution in [0.25, 0.3) is 11.1 Å². The molecule has 1 aliphatic rings. The second-order valence-corrected chi connectivity index (χ2v) is 8.83. The Hall–Kier alpha value is -0.350. The van der Waals surface area contributed by atoms with E-state index in [0.29, 0.717) is 0 Å². The molecular formula is C21H24BrI. The van der Waals surface area contributed by atoms with Gasteiger partial charge >= 0.3 is 0 Å². The van der Waals surface area contributed by atoms with Crippen LogP contribution in [-0.4, -0.2) is 0 Å². The average molecular weight is 483 g/mol. The second kappa shape index (κ2) is 7.26. The highest BCUT2D eigenvalue weighted by Crippen LogP contribution is 2.54. The van der Waals surface area contributed by atoms with Gasteiger partial charge in [-0.05, 0) is 82.0 Å². The predicted octanol–water partition coefficient (Wildman–Crippen LogP) is 7.70. The van der Waals surface area contributed by atoms with E-state index >= 15 is 0 Å². The molecule has 0 N–H and O–H groups in total. The first kappa shape index (κ1) is 17.5. The van der Waals surface area contributed by atoms with Crippen LogP contribution < -0.4 is 0 Å². The molecule has 0 saturated carbocycles. The Morgan fingerprint density at radius 2 is 1.43 bits per heavy atom. The van der Waals surface area contributed by atoms with Gasteiger partial charge in [0.05, 0.1) is 0 Å². The van der Waals surface area contributed by atoms with Gasteiger partial charge < -0.3 is 0 Å². The molecule has 0 amide bonds. The lowest BCUT2D eigenvalue weighted by molar-refractivity contribution is 0.414. The van der Waals surface area contributed by atoms with Crippen LogP contribution in [0.2, 0.25) is 0 Å². The third-order valence-electron chi connectivity index (χ3n) is 5.20. The Morgan fingerprint density at radius 3 is 2.04 bits per heavy atom. The van der Waals surface area contributed by atoms with Crippen molar-refractivity contribution < 1.29 is 0 Å². The molecule has 2 heteroatoms. The molecule has 3 rings (SSSR count). The standard InChI is InChI=1S/C21H24BrI/c1-3-5-11-21(12-6-4-2)19-13-15(22)7-9-17(19)18-10-8-16(23)14-20(18)21/h7-10,13-14H,3-6,11-12H2,1-2H3. The van der Waals surface area contributed by atoms with Gasteiger partial charge in [0.2, 0.25) is 0 Å². The van der Waals surface area contributed by atoms with E-state index in [4.69, 9.17) is 0 Å². The molecule has 0 fully saturated rings. The van der Waals surface area contributed by atoms with Crippen LogP contribution in [0.15, 0.2) is 40.9 Å². The van der Waals surface area contributed by atoms with Crippen LogP contribution >= 0.6 is 38.5 Å². The number of fused-ring (bicyclic) bond motifs is 3. The van der Waals surface area contributed by atoms with Crippen LogP contribution in [0, 0.1) is 3.57 Å². The summed E-state index contributed by atoms with van der Waals surface area (Å²) in [6, 6.07) is 13.9. The van der Waals surface area contributed by atoms with Crippen molar-refractivity contribution >= 4 is 38.5 Å². The maximum absolute atomic E-state index is 3.71. The molecule has 0 heterocycles. The van der Waals surface area contributed by atoms with Gasteiger partial charge in [0.25, 0.3) is 0 Å². The number of rotatable bonds is 6. The van der Waals surface area contributed by atoms with E-state index in [1.807, 2.05) is 0 Å². The van der Waals surface area contributed by atoms with E-state index in [0.717, 1.165) is 0 Å². The molecule has 2 aromatic rings. The normalized spacial score (nSPS) is 14.6. The van der Waals surface area contributed by atoms with Crippen molar-refractivity contribution in [3.8, 4) is 11.1 Å². The van der Waals surface area contributed by atoms with Crippen molar-refractivity contribution in [2.24, 2.45) is 0 Å². The summed E-state index contributed by atoms with van der Waals surface area (Å²) in [7, 11) is 0. The molecule has 0 spiro atoms. The lowest BCUT2D eigenvalue weighted by Crippen LogP contribution is -2.25. The molecule has 0 bridgehead atoms. The maximum atomic E-state index is 3.71. The molecular weight excluding hydrogens is 459 g/mol. The first-order valence-electron chi connectivity index (χ1n) is 8.73. The Kier molecular flexibility index (Phi) is 5.52. The van der Waals surface area contributed by atoms with Crippen LogP contribution in [0.4, 0.5) is 0 Å². The summed E-state index contributed by atoms with van der Waals surface area (Å²) >= 11 is 6.17. The topological polar surface area (TPSA) is 0 Å². The van der Waals surface area contributed by atoms with Crippen LogP contribution in [0.5, 0.6) is 0 Å². The van der Waals surface area contributed by atoms with Gasteiger partial charge in [0.15, 0.2) is 0 Å². The zero-order valence-corrected chi connectivity index (χ0v) is 17.7. The third kappa shape index (κ3) is 3.13. The van der Waals surface area contributed by atoms with Gasteiger partial charge in [-0.1, -0.05) is 67.6 Å². The summed E-state index contributed by atoms with van der Waals surface area (Å²) in [5, 5.41) is 0. The first-order valence-corrected chi connectivity index (χ1v) is 10.6. The SMILES string of the molecule is CCCCC1(CCCC)c2cc(Br)ccc2-c2ccc(I)cc21. The van der Waals surface area contributed by atoms with E-state index in [2.05, 4.69) is 88.8 Å². The van der Waals surface area contributed by atoms with Crippen molar-refractivity contribution in [1.82, 2.24) is 0 Å². The molecule has 0 atom stereocenters. The molecule has 0 aromatic heterocycles. The fourth-order valence-corrected chi connectivity index (χ4v) is 4.91. The molecule has 0 saturated heterocycles. The molecule has 0 radical (unpaired) electrons. The van der Waals surface area contributed by atoms with E-state index in [1.165, 1.54) is 57.7 Å². The molecule has 0 unspecified atom stereocenters. The number of halogens is 2. The van der Waals surface area contributed by atoms with Crippen molar-refractivity contribution in [3.63, 3.8) is 0 Å². The van der Waals surface area contributed by atoms with Gasteiger partial charge in [0, 0.05) is 13.5 Å². The van der Waals surface area contributed by atoms with E-state index in [9.17, 15) is 0 Å². The minimum absolute atomic E-state index is 0.210. The Bertz CT molecular complexity index is 643. The van der Waals surface area contributed by atoms with Gasteiger partial charge in [-0.25, -0.2) is 0 Å². The summed E-state index contributed by atoms with van der Waals surface area (Å²) in [6.45, 7) is 4.61. The Labute approximate surface area is 162 Å².